The largest absolute Gasteiger partial charge is 0.360 e. The fourth-order valence-electron chi connectivity index (χ4n) is 13.8. The van der Waals surface area contributed by atoms with E-state index in [1.54, 1.807) is 0 Å². The highest BCUT2D eigenvalue weighted by atomic mass is 79.9. The van der Waals surface area contributed by atoms with E-state index in [0.29, 0.717) is 0 Å². The number of aromatic nitrogens is 3. The summed E-state index contributed by atoms with van der Waals surface area (Å²) < 4.78 is 1.09. The quantitative estimate of drug-likeness (QED) is 0.158. The predicted molar refractivity (Wildman–Crippen MR) is 348 cm³/mol. The van der Waals surface area contributed by atoms with E-state index in [-0.39, 0.29) is 0 Å². The van der Waals surface area contributed by atoms with Crippen molar-refractivity contribution in [3.8, 4) is 0 Å². The Kier molecular flexibility index (Phi) is 11.9. The number of hydrogen-bond acceptors (Lipinski definition) is 3. The van der Waals surface area contributed by atoms with E-state index in [2.05, 4.69) is 263 Å². The number of aliphatic imine (C=N–C) groups is 3. The second-order valence-corrected chi connectivity index (χ2v) is 23.4. The molecule has 3 aliphatic carbocycles. The molecule has 0 spiro atoms. The maximum absolute atomic E-state index is 5.24. The molecule has 0 atom stereocenters. The minimum Gasteiger partial charge on any atom is -0.360 e. The minimum atomic E-state index is 0.861. The van der Waals surface area contributed by atoms with Crippen LogP contribution in [0.5, 0.6) is 0 Å². The lowest BCUT2D eigenvalue weighted by atomic mass is 9.93. The summed E-state index contributed by atoms with van der Waals surface area (Å²) >= 11 is 3.61. The van der Waals surface area contributed by atoms with Crippen molar-refractivity contribution in [1.29, 1.82) is 0 Å². The number of rotatable bonds is 3. The molecule has 0 amide bonds. The van der Waals surface area contributed by atoms with Crippen molar-refractivity contribution in [2.24, 2.45) is 15.0 Å². The number of nitrogens with zero attached hydrogens (tertiary/aromatic N) is 3. The summed E-state index contributed by atoms with van der Waals surface area (Å²) in [5.41, 5.74) is 35.4. The van der Waals surface area contributed by atoms with Gasteiger partial charge < -0.3 is 15.0 Å². The number of para-hydroxylation sites is 2. The minimum absolute atomic E-state index is 0.861. The molecule has 0 fully saturated rings. The Labute approximate surface area is 490 Å². The summed E-state index contributed by atoms with van der Waals surface area (Å²) in [6.07, 6.45) is 9.72. The van der Waals surface area contributed by atoms with Crippen LogP contribution in [-0.2, 0) is 19.3 Å². The summed E-state index contributed by atoms with van der Waals surface area (Å²) in [7, 11) is 0. The standard InChI is InChI=1S/C26H20N2.C25H17BrN2.C25H18N2/c1-16-25(21-12-6-7-13-23(21)27-16)24-15-22-19-10-4-2-8-17(19)14-18-9-3-5-11-20(18)26(22)28-24;26-17-9-10-23-20(12-17)22(14-27-23)24-13-21-18-7-3-1-5-15(18)11-16-6-2-4-8-19(16)25(21)28-24;1-3-9-18-16(7-1)13-17-8-2-4-10-19(17)25-21(18)14-24(27-25)22-15-26-23-12-6-5-11-20(22)23/h2-13,27H,14-15H2,1H3;1-10,12,14,27H,11,13H2;1-12,15,26H,13-14H2. The third-order valence-corrected chi connectivity index (χ3v) is 18.1. The smallest absolute Gasteiger partial charge is 0.0750 e. The number of H-pyrrole nitrogens is 3. The van der Waals surface area contributed by atoms with E-state index in [4.69, 9.17) is 15.0 Å². The van der Waals surface area contributed by atoms with Crippen molar-refractivity contribution in [1.82, 2.24) is 15.0 Å². The zero-order valence-corrected chi connectivity index (χ0v) is 47.4. The maximum atomic E-state index is 5.24. The summed E-state index contributed by atoms with van der Waals surface area (Å²) in [6, 6.07) is 75.9. The third kappa shape index (κ3) is 8.48. The molecular weight excluding hydrogens is 1080 g/mol. The van der Waals surface area contributed by atoms with Crippen molar-refractivity contribution >= 4 is 99.6 Å². The van der Waals surface area contributed by atoms with Crippen molar-refractivity contribution < 1.29 is 0 Å². The van der Waals surface area contributed by atoms with Crippen LogP contribution in [0.25, 0.3) is 66.5 Å². The normalized spacial score (nSPS) is 15.1. The Balaban J connectivity index is 0.000000102. The second kappa shape index (κ2) is 20.1. The molecule has 12 aromatic rings. The molecule has 18 rings (SSSR count). The molecule has 3 aliphatic heterocycles. The number of aryl methyl sites for hydroxylation is 1. The Morgan fingerprint density at radius 3 is 1.18 bits per heavy atom. The topological polar surface area (TPSA) is 84.5 Å². The number of aromatic amines is 3. The van der Waals surface area contributed by atoms with Gasteiger partial charge in [0, 0.05) is 108 Å². The van der Waals surface area contributed by atoms with E-state index in [0.717, 1.165) is 82.5 Å². The molecule has 3 N–H and O–H groups in total. The molecule has 0 radical (unpaired) electrons. The van der Waals surface area contributed by atoms with Crippen LogP contribution in [0.2, 0.25) is 0 Å². The lowest BCUT2D eigenvalue weighted by Crippen LogP contribution is -2.01. The Bertz CT molecular complexity index is 4890. The van der Waals surface area contributed by atoms with Crippen LogP contribution >= 0.6 is 15.9 Å². The summed E-state index contributed by atoms with van der Waals surface area (Å²) in [5.74, 6) is 0. The Hall–Kier alpha value is -9.69. The first kappa shape index (κ1) is 49.2. The van der Waals surface area contributed by atoms with Crippen LogP contribution < -0.4 is 0 Å². The molecule has 396 valence electrons. The number of allylic oxidation sites excluding steroid dienone is 3. The number of fused-ring (bicyclic) bond motifs is 15. The molecule has 6 nitrogen and oxygen atoms in total. The number of halogens is 1. The van der Waals surface area contributed by atoms with E-state index in [1.807, 2.05) is 0 Å². The highest BCUT2D eigenvalue weighted by Crippen LogP contribution is 2.47. The highest BCUT2D eigenvalue weighted by molar-refractivity contribution is 9.10. The SMILES string of the molecule is Brc1ccc2[nH]cc(C3=NC4=C(C3)c3ccccc3Cc3ccccc34)c2c1.Cc1[nH]c2ccccc2c1C1=NC2=C(C1)c1ccccc1Cc1ccccc12.c1ccc2c(c1)Cc1ccccc1C1=C2CC(c2c[nH]c3ccccc23)=N1. The summed E-state index contributed by atoms with van der Waals surface area (Å²) in [4.78, 5) is 26.0. The monoisotopic (exact) mass is 1130 g/mol. The lowest BCUT2D eigenvalue weighted by Gasteiger charge is -2.09. The van der Waals surface area contributed by atoms with Crippen LogP contribution in [0, 0.1) is 6.92 Å². The van der Waals surface area contributed by atoms with Gasteiger partial charge in [-0.25, -0.2) is 0 Å². The third-order valence-electron chi connectivity index (χ3n) is 17.7. The van der Waals surface area contributed by atoms with Gasteiger partial charge in [0.1, 0.15) is 0 Å². The fraction of sp³-hybridized carbons (Fsp3) is 0.0921. The Morgan fingerprint density at radius 2 is 0.687 bits per heavy atom. The van der Waals surface area contributed by atoms with Gasteiger partial charge in [-0.2, -0.15) is 0 Å². The number of hydrogen-bond donors (Lipinski definition) is 3. The van der Waals surface area contributed by atoms with Gasteiger partial charge in [0.25, 0.3) is 0 Å². The maximum Gasteiger partial charge on any atom is 0.0750 e. The van der Waals surface area contributed by atoms with Crippen LogP contribution in [0.4, 0.5) is 0 Å². The predicted octanol–water partition coefficient (Wildman–Crippen LogP) is 18.6. The van der Waals surface area contributed by atoms with Crippen LogP contribution in [0.15, 0.2) is 244 Å². The Morgan fingerprint density at radius 1 is 0.325 bits per heavy atom. The molecule has 6 aliphatic rings. The zero-order valence-electron chi connectivity index (χ0n) is 45.8. The molecular formula is C76H55BrN6. The average Bonchev–Trinajstić information content (AvgIpc) is 3.39. The second-order valence-electron chi connectivity index (χ2n) is 22.5. The van der Waals surface area contributed by atoms with Crippen molar-refractivity contribution in [3.05, 3.63) is 318 Å². The molecule has 3 aromatic heterocycles. The fourth-order valence-corrected chi connectivity index (χ4v) is 14.2. The van der Waals surface area contributed by atoms with E-state index < -0.39 is 0 Å². The number of benzene rings is 9. The highest BCUT2D eigenvalue weighted by Gasteiger charge is 2.32. The lowest BCUT2D eigenvalue weighted by molar-refractivity contribution is 1.17. The molecule has 7 heteroatoms. The van der Waals surface area contributed by atoms with Gasteiger partial charge in [-0.1, -0.05) is 198 Å². The van der Waals surface area contributed by atoms with Gasteiger partial charge in [0.15, 0.2) is 0 Å². The molecule has 0 saturated carbocycles. The van der Waals surface area contributed by atoms with E-state index in [9.17, 15) is 0 Å². The van der Waals surface area contributed by atoms with Gasteiger partial charge >= 0.3 is 0 Å². The van der Waals surface area contributed by atoms with Gasteiger partial charge in [0.05, 0.1) is 34.2 Å². The van der Waals surface area contributed by atoms with Crippen molar-refractivity contribution in [2.75, 3.05) is 0 Å². The van der Waals surface area contributed by atoms with Gasteiger partial charge in [-0.05, 0) is 123 Å². The zero-order chi connectivity index (χ0) is 55.1. The van der Waals surface area contributed by atoms with E-state index in [1.165, 1.54) is 133 Å². The molecule has 0 bridgehead atoms. The van der Waals surface area contributed by atoms with Gasteiger partial charge in [0.2, 0.25) is 0 Å². The summed E-state index contributed by atoms with van der Waals surface area (Å²) in [5, 5.41) is 3.72. The molecule has 0 unspecified atom stereocenters. The van der Waals surface area contributed by atoms with Crippen LogP contribution in [0.3, 0.4) is 0 Å². The van der Waals surface area contributed by atoms with Crippen LogP contribution in [-0.4, -0.2) is 32.1 Å². The van der Waals surface area contributed by atoms with Crippen molar-refractivity contribution in [2.45, 2.75) is 45.4 Å². The van der Waals surface area contributed by atoms with Gasteiger partial charge in [-0.3, -0.25) is 15.0 Å². The van der Waals surface area contributed by atoms with Crippen molar-refractivity contribution in [3.63, 3.8) is 0 Å². The molecule has 9 aromatic carbocycles. The molecule has 0 saturated heterocycles. The molecule has 83 heavy (non-hydrogen) atoms. The molecule has 6 heterocycles. The van der Waals surface area contributed by atoms with Gasteiger partial charge in [-0.15, -0.1) is 0 Å². The summed E-state index contributed by atoms with van der Waals surface area (Å²) in [6.45, 7) is 2.16. The first-order chi connectivity index (χ1) is 41.0. The first-order valence-electron chi connectivity index (χ1n) is 28.8. The van der Waals surface area contributed by atoms with Crippen LogP contribution in [0.1, 0.15) is 108 Å². The van der Waals surface area contributed by atoms with E-state index >= 15 is 0 Å². The average molecular weight is 1130 g/mol. The number of nitrogens with one attached hydrogen (secondary N) is 3. The first-order valence-corrected chi connectivity index (χ1v) is 29.6.